The summed E-state index contributed by atoms with van der Waals surface area (Å²) in [5.41, 5.74) is 0. The lowest BCUT2D eigenvalue weighted by molar-refractivity contribution is -0.592. The first-order valence-corrected chi connectivity index (χ1v) is 3.48. The summed E-state index contributed by atoms with van der Waals surface area (Å²) >= 11 is 1.36. The molecular formula is C4H9N4OS+. The molecule has 5 nitrogen and oxygen atoms in total. The van der Waals surface area contributed by atoms with Crippen LogP contribution in [0.4, 0.5) is 0 Å². The van der Waals surface area contributed by atoms with Crippen LogP contribution in [0.3, 0.4) is 0 Å². The molecule has 1 aliphatic heterocycles. The summed E-state index contributed by atoms with van der Waals surface area (Å²) in [6.45, 7) is 0. The minimum Gasteiger partial charge on any atom is -0.480 e. The standard InChI is InChI=1S/C4H8N4OS/c1-7-4(9-2)3-10-8(7)6-5/h3,5H,1-2H3/p+1. The van der Waals surface area contributed by atoms with Crippen LogP contribution in [0.15, 0.2) is 16.5 Å². The molecule has 6 heteroatoms. The molecule has 0 unspecified atom stereocenters. The monoisotopic (exact) mass is 161 g/mol. The number of nitrogens with two attached hydrogens (primary N) is 1. The van der Waals surface area contributed by atoms with Crippen molar-refractivity contribution in [2.45, 2.75) is 0 Å². The summed E-state index contributed by atoms with van der Waals surface area (Å²) in [6, 6.07) is 0. The molecule has 0 atom stereocenters. The maximum absolute atomic E-state index is 5.04. The second kappa shape index (κ2) is 2.78. The van der Waals surface area contributed by atoms with Crippen LogP contribution in [0.5, 0.6) is 0 Å². The summed E-state index contributed by atoms with van der Waals surface area (Å²) in [6.07, 6.45) is 0. The van der Waals surface area contributed by atoms with Crippen LogP contribution < -0.4 is 5.84 Å². The van der Waals surface area contributed by atoms with Gasteiger partial charge in [-0.1, -0.05) is 0 Å². The number of nitrogens with zero attached hydrogens (tertiary/aromatic N) is 3. The van der Waals surface area contributed by atoms with Gasteiger partial charge in [-0.25, -0.2) is 0 Å². The van der Waals surface area contributed by atoms with E-state index in [1.807, 2.05) is 12.5 Å². The van der Waals surface area contributed by atoms with Crippen molar-refractivity contribution in [1.29, 1.82) is 0 Å². The van der Waals surface area contributed by atoms with Crippen LogP contribution in [-0.4, -0.2) is 23.4 Å². The zero-order chi connectivity index (χ0) is 7.56. The fraction of sp³-hybridized carbons (Fsp3) is 0.500. The van der Waals surface area contributed by atoms with E-state index in [1.54, 1.807) is 12.1 Å². The van der Waals surface area contributed by atoms with Gasteiger partial charge in [0.15, 0.2) is 0 Å². The average Bonchev–Trinajstić information content (AvgIpc) is 2.30. The second-order valence-corrected chi connectivity index (χ2v) is 2.43. The predicted octanol–water partition coefficient (Wildman–Crippen LogP) is 0.279. The van der Waals surface area contributed by atoms with E-state index in [2.05, 4.69) is 5.22 Å². The van der Waals surface area contributed by atoms with Crippen LogP contribution in [0.2, 0.25) is 0 Å². The molecule has 1 heterocycles. The Morgan fingerprint density at radius 3 is 2.90 bits per heavy atom. The van der Waals surface area contributed by atoms with E-state index in [0.717, 1.165) is 5.88 Å². The molecule has 0 fully saturated rings. The molecule has 10 heavy (non-hydrogen) atoms. The molecule has 56 valence electrons. The van der Waals surface area contributed by atoms with Crippen molar-refractivity contribution in [3.8, 4) is 0 Å². The van der Waals surface area contributed by atoms with Gasteiger partial charge in [-0.15, -0.1) is 0 Å². The first kappa shape index (κ1) is 7.20. The van der Waals surface area contributed by atoms with E-state index in [4.69, 9.17) is 10.6 Å². The third kappa shape index (κ3) is 1.02. The highest BCUT2D eigenvalue weighted by Gasteiger charge is 2.22. The third-order valence-corrected chi connectivity index (χ3v) is 1.97. The van der Waals surface area contributed by atoms with Gasteiger partial charge in [0, 0.05) is 4.21 Å². The Kier molecular flexibility index (Phi) is 2.00. The number of hydrazine groups is 1. The number of hydrogen-bond donors (Lipinski definition) is 1. The van der Waals surface area contributed by atoms with Crippen molar-refractivity contribution in [2.24, 2.45) is 11.1 Å². The number of ether oxygens (including phenoxy) is 1. The Balaban J connectivity index is 2.69. The normalized spacial score (nSPS) is 21.6. The Labute approximate surface area is 63.2 Å². The van der Waals surface area contributed by atoms with Crippen molar-refractivity contribution in [1.82, 2.24) is 5.01 Å². The Morgan fingerprint density at radius 2 is 2.60 bits per heavy atom. The van der Waals surface area contributed by atoms with Crippen LogP contribution in [0.25, 0.3) is 0 Å². The van der Waals surface area contributed by atoms with Gasteiger partial charge in [-0.2, -0.15) is 10.9 Å². The average molecular weight is 161 g/mol. The van der Waals surface area contributed by atoms with E-state index in [0.29, 0.717) is 0 Å². The molecule has 1 rings (SSSR count). The molecule has 0 aromatic carbocycles. The predicted molar refractivity (Wildman–Crippen MR) is 37.3 cm³/mol. The molecule has 0 amide bonds. The van der Waals surface area contributed by atoms with Crippen LogP contribution in [-0.2, 0) is 4.74 Å². The molecule has 0 saturated heterocycles. The molecule has 1 aliphatic rings. The highest BCUT2D eigenvalue weighted by atomic mass is 32.2. The largest absolute Gasteiger partial charge is 0.480 e. The van der Waals surface area contributed by atoms with E-state index in [1.165, 1.54) is 16.2 Å². The summed E-state index contributed by atoms with van der Waals surface area (Å²) < 4.78 is 6.48. The molecule has 0 saturated carbocycles. The molecule has 2 N–H and O–H groups in total. The molecule has 0 bridgehead atoms. The summed E-state index contributed by atoms with van der Waals surface area (Å²) in [4.78, 5) is 0. The first-order valence-electron chi connectivity index (χ1n) is 2.65. The number of rotatable bonds is 1. The summed E-state index contributed by atoms with van der Waals surface area (Å²) in [5, 5.41) is 6.97. The minimum absolute atomic E-state index is 0.735. The van der Waals surface area contributed by atoms with Crippen molar-refractivity contribution < 1.29 is 8.95 Å². The third-order valence-electron chi connectivity index (χ3n) is 1.13. The SMILES string of the molecule is COC1=CS[N+](=NN)N1C. The maximum Gasteiger partial charge on any atom is 0.238 e. The smallest absolute Gasteiger partial charge is 0.238 e. The van der Waals surface area contributed by atoms with Crippen molar-refractivity contribution in [2.75, 3.05) is 14.2 Å². The first-order chi connectivity index (χ1) is 4.79. The molecular weight excluding hydrogens is 152 g/mol. The molecule has 0 aliphatic carbocycles. The Hall–Kier alpha value is -0.910. The lowest BCUT2D eigenvalue weighted by Crippen LogP contribution is -2.22. The van der Waals surface area contributed by atoms with Gasteiger partial charge in [0.25, 0.3) is 0 Å². The molecule has 0 aromatic heterocycles. The summed E-state index contributed by atoms with van der Waals surface area (Å²) in [7, 11) is 3.41. The Morgan fingerprint density at radius 1 is 1.90 bits per heavy atom. The van der Waals surface area contributed by atoms with Crippen LogP contribution in [0.1, 0.15) is 0 Å². The number of hydrogen-bond acceptors (Lipinski definition) is 3. The second-order valence-electron chi connectivity index (χ2n) is 1.66. The van der Waals surface area contributed by atoms with Crippen LogP contribution >= 0.6 is 11.9 Å². The van der Waals surface area contributed by atoms with Crippen molar-refractivity contribution in [3.63, 3.8) is 0 Å². The van der Waals surface area contributed by atoms with Gasteiger partial charge in [0.1, 0.15) is 17.2 Å². The fourth-order valence-corrected chi connectivity index (χ4v) is 1.32. The van der Waals surface area contributed by atoms with Gasteiger partial charge in [-0.05, 0) is 0 Å². The Bertz CT molecular complexity index is 190. The zero-order valence-corrected chi connectivity index (χ0v) is 6.63. The lowest BCUT2D eigenvalue weighted by Gasteiger charge is -2.08. The van der Waals surface area contributed by atoms with Gasteiger partial charge in [0.2, 0.25) is 5.88 Å². The van der Waals surface area contributed by atoms with Gasteiger partial charge < -0.3 is 4.74 Å². The van der Waals surface area contributed by atoms with Gasteiger partial charge in [-0.3, -0.25) is 0 Å². The highest BCUT2D eigenvalue weighted by Crippen LogP contribution is 2.22. The van der Waals surface area contributed by atoms with Gasteiger partial charge in [0.05, 0.1) is 19.6 Å². The minimum atomic E-state index is 0.735. The lowest BCUT2D eigenvalue weighted by atomic mass is 10.8. The van der Waals surface area contributed by atoms with E-state index >= 15 is 0 Å². The zero-order valence-electron chi connectivity index (χ0n) is 5.81. The quantitative estimate of drug-likeness (QED) is 0.260. The topological polar surface area (TPSA) is 53.9 Å². The number of methoxy groups -OCH3 is 1. The van der Waals surface area contributed by atoms with E-state index < -0.39 is 0 Å². The fourth-order valence-electron chi connectivity index (χ4n) is 0.608. The molecule has 0 aromatic rings. The van der Waals surface area contributed by atoms with Gasteiger partial charge >= 0.3 is 0 Å². The highest BCUT2D eigenvalue weighted by molar-refractivity contribution is 7.96. The van der Waals surface area contributed by atoms with Crippen molar-refractivity contribution >= 4 is 11.9 Å². The van der Waals surface area contributed by atoms with E-state index in [-0.39, 0.29) is 0 Å². The molecule has 0 radical (unpaired) electrons. The molecule has 0 spiro atoms. The summed E-state index contributed by atoms with van der Waals surface area (Å²) in [5.74, 6) is 5.78. The van der Waals surface area contributed by atoms with Crippen LogP contribution in [0, 0.1) is 0 Å². The van der Waals surface area contributed by atoms with Crippen molar-refractivity contribution in [3.05, 3.63) is 11.3 Å². The van der Waals surface area contributed by atoms with E-state index in [9.17, 15) is 0 Å². The maximum atomic E-state index is 5.04.